The van der Waals surface area contributed by atoms with Crippen molar-refractivity contribution in [1.82, 2.24) is 0 Å². The van der Waals surface area contributed by atoms with Crippen molar-refractivity contribution in [3.63, 3.8) is 0 Å². The zero-order valence-corrected chi connectivity index (χ0v) is 19.4. The van der Waals surface area contributed by atoms with Gasteiger partial charge in [0.25, 0.3) is 0 Å². The van der Waals surface area contributed by atoms with Crippen LogP contribution in [0.4, 0.5) is 5.69 Å². The summed E-state index contributed by atoms with van der Waals surface area (Å²) in [5.74, 6) is -0.419. The lowest BCUT2D eigenvalue weighted by molar-refractivity contribution is -0.146. The summed E-state index contributed by atoms with van der Waals surface area (Å²) in [7, 11) is 0. The Bertz CT molecular complexity index is 975. The second-order valence-corrected chi connectivity index (χ2v) is 8.74. The van der Waals surface area contributed by atoms with Gasteiger partial charge in [-0.2, -0.15) is 0 Å². The molecule has 2 atom stereocenters. The molecule has 2 aromatic rings. The highest BCUT2D eigenvalue weighted by molar-refractivity contribution is 9.10. The second-order valence-electron chi connectivity index (χ2n) is 7.89. The van der Waals surface area contributed by atoms with E-state index in [0.717, 1.165) is 15.7 Å². The second kappa shape index (κ2) is 9.02. The van der Waals surface area contributed by atoms with E-state index in [0.29, 0.717) is 31.2 Å². The van der Waals surface area contributed by atoms with E-state index >= 15 is 0 Å². The Hall–Kier alpha value is -2.35. The number of halogens is 1. The number of ether oxygens (including phenoxy) is 4. The van der Waals surface area contributed by atoms with E-state index < -0.39 is 11.8 Å². The van der Waals surface area contributed by atoms with Gasteiger partial charge in [-0.3, -0.25) is 0 Å². The van der Waals surface area contributed by atoms with Gasteiger partial charge in [0.1, 0.15) is 24.6 Å². The molecule has 0 unspecified atom stereocenters. The SMILES string of the molecule is CCOC(=O)/C=C1\[C@@H]2OC(C)(C)O[C@@H]2CN1c1c(Br)cccc1OCc1ccccc1. The van der Waals surface area contributed by atoms with Gasteiger partial charge in [0.05, 0.1) is 24.5 Å². The van der Waals surface area contributed by atoms with Crippen LogP contribution in [0.5, 0.6) is 5.75 Å². The molecule has 2 saturated heterocycles. The molecule has 2 heterocycles. The first kappa shape index (κ1) is 21.9. The number of benzene rings is 2. The Morgan fingerprint density at radius 3 is 2.71 bits per heavy atom. The third kappa shape index (κ3) is 4.79. The van der Waals surface area contributed by atoms with Crippen LogP contribution >= 0.6 is 15.9 Å². The summed E-state index contributed by atoms with van der Waals surface area (Å²) >= 11 is 3.66. The average Bonchev–Trinajstić information content (AvgIpc) is 3.19. The van der Waals surface area contributed by atoms with Crippen molar-refractivity contribution in [2.45, 2.75) is 45.4 Å². The summed E-state index contributed by atoms with van der Waals surface area (Å²) < 4.78 is 24.4. The molecule has 0 amide bonds. The van der Waals surface area contributed by atoms with Gasteiger partial charge >= 0.3 is 5.97 Å². The highest BCUT2D eigenvalue weighted by atomic mass is 79.9. The van der Waals surface area contributed by atoms with Crippen LogP contribution < -0.4 is 9.64 Å². The number of hydrogen-bond donors (Lipinski definition) is 0. The summed E-state index contributed by atoms with van der Waals surface area (Å²) in [5.41, 5.74) is 2.60. The number of anilines is 1. The van der Waals surface area contributed by atoms with Crippen molar-refractivity contribution in [2.24, 2.45) is 0 Å². The normalized spacial score (nSPS) is 23.1. The quantitative estimate of drug-likeness (QED) is 0.430. The van der Waals surface area contributed by atoms with E-state index in [4.69, 9.17) is 18.9 Å². The first-order valence-electron chi connectivity index (χ1n) is 10.3. The number of rotatable bonds is 6. The number of carbonyl (C=O) groups excluding carboxylic acids is 1. The van der Waals surface area contributed by atoms with E-state index in [-0.39, 0.29) is 12.2 Å². The van der Waals surface area contributed by atoms with Crippen LogP contribution in [0.1, 0.15) is 26.3 Å². The molecule has 2 fully saturated rings. The van der Waals surface area contributed by atoms with Crippen molar-refractivity contribution in [3.05, 3.63) is 70.3 Å². The molecule has 0 N–H and O–H groups in total. The minimum absolute atomic E-state index is 0.204. The maximum absolute atomic E-state index is 12.3. The minimum atomic E-state index is -0.713. The van der Waals surface area contributed by atoms with Crippen LogP contribution in [-0.2, 0) is 25.6 Å². The number of fused-ring (bicyclic) bond motifs is 1. The van der Waals surface area contributed by atoms with Crippen molar-refractivity contribution >= 4 is 27.6 Å². The van der Waals surface area contributed by atoms with Gasteiger partial charge < -0.3 is 23.8 Å². The van der Waals surface area contributed by atoms with E-state index in [9.17, 15) is 4.79 Å². The molecule has 7 heteroatoms. The highest BCUT2D eigenvalue weighted by Crippen LogP contribution is 2.46. The van der Waals surface area contributed by atoms with Crippen LogP contribution in [0.25, 0.3) is 0 Å². The monoisotopic (exact) mass is 487 g/mol. The molecule has 0 aliphatic carbocycles. The predicted octanol–water partition coefficient (Wildman–Crippen LogP) is 4.82. The zero-order chi connectivity index (χ0) is 22.0. The van der Waals surface area contributed by atoms with Crippen LogP contribution in [0.15, 0.2) is 64.8 Å². The fraction of sp³-hybridized carbons (Fsp3) is 0.375. The van der Waals surface area contributed by atoms with Crippen LogP contribution in [0.3, 0.4) is 0 Å². The lowest BCUT2D eigenvalue weighted by Crippen LogP contribution is -2.30. The Kier molecular flexibility index (Phi) is 6.36. The molecular weight excluding hydrogens is 462 g/mol. The Labute approximate surface area is 190 Å². The van der Waals surface area contributed by atoms with Crippen molar-refractivity contribution in [2.75, 3.05) is 18.1 Å². The van der Waals surface area contributed by atoms with Gasteiger partial charge in [0.2, 0.25) is 0 Å². The summed E-state index contributed by atoms with van der Waals surface area (Å²) in [6.45, 7) is 6.81. The van der Waals surface area contributed by atoms with Gasteiger partial charge in [-0.25, -0.2) is 4.79 Å². The van der Waals surface area contributed by atoms with Crippen molar-refractivity contribution in [3.8, 4) is 5.75 Å². The Balaban J connectivity index is 1.68. The lowest BCUT2D eigenvalue weighted by atomic mass is 10.2. The van der Waals surface area contributed by atoms with Crippen LogP contribution in [-0.4, -0.2) is 37.1 Å². The van der Waals surface area contributed by atoms with Crippen molar-refractivity contribution in [1.29, 1.82) is 0 Å². The molecule has 0 spiro atoms. The molecule has 6 nitrogen and oxygen atoms in total. The Morgan fingerprint density at radius 2 is 1.97 bits per heavy atom. The zero-order valence-electron chi connectivity index (χ0n) is 17.8. The number of hydrogen-bond acceptors (Lipinski definition) is 6. The van der Waals surface area contributed by atoms with E-state index in [1.165, 1.54) is 6.08 Å². The minimum Gasteiger partial charge on any atom is -0.487 e. The van der Waals surface area contributed by atoms with Crippen molar-refractivity contribution < 1.29 is 23.7 Å². The summed E-state index contributed by atoms with van der Waals surface area (Å²) in [6, 6.07) is 15.8. The lowest BCUT2D eigenvalue weighted by Gasteiger charge is -2.28. The fourth-order valence-corrected chi connectivity index (χ4v) is 4.52. The first-order valence-corrected chi connectivity index (χ1v) is 11.1. The number of nitrogens with zero attached hydrogens (tertiary/aromatic N) is 1. The van der Waals surface area contributed by atoms with Gasteiger partial charge in [0.15, 0.2) is 5.79 Å². The third-order valence-electron chi connectivity index (χ3n) is 5.16. The number of para-hydroxylation sites is 1. The molecule has 164 valence electrons. The summed E-state index contributed by atoms with van der Waals surface area (Å²) in [5, 5.41) is 0. The molecule has 0 bridgehead atoms. The van der Waals surface area contributed by atoms with Crippen LogP contribution in [0.2, 0.25) is 0 Å². The molecule has 0 aromatic heterocycles. The third-order valence-corrected chi connectivity index (χ3v) is 5.80. The molecule has 0 saturated carbocycles. The number of carbonyl (C=O) groups is 1. The molecule has 2 aliphatic heterocycles. The fourth-order valence-electron chi connectivity index (χ4n) is 3.95. The molecule has 2 aliphatic rings. The molecule has 0 radical (unpaired) electrons. The molecule has 4 rings (SSSR count). The summed E-state index contributed by atoms with van der Waals surface area (Å²) in [6.07, 6.45) is 0.928. The maximum Gasteiger partial charge on any atom is 0.332 e. The average molecular weight is 488 g/mol. The van der Waals surface area contributed by atoms with Gasteiger partial charge in [-0.1, -0.05) is 36.4 Å². The standard InChI is InChI=1S/C24H26BrNO5/c1-4-28-21(27)13-18-23-20(30-24(2,3)31-23)14-26(18)22-17(25)11-8-12-19(22)29-15-16-9-6-5-7-10-16/h5-13,20,23H,4,14-15H2,1-3H3/b18-13+/t20-,23+/m1/s1. The van der Waals surface area contributed by atoms with Gasteiger partial charge in [0, 0.05) is 10.5 Å². The van der Waals surface area contributed by atoms with Gasteiger partial charge in [-0.15, -0.1) is 0 Å². The van der Waals surface area contributed by atoms with Gasteiger partial charge in [-0.05, 0) is 54.4 Å². The Morgan fingerprint density at radius 1 is 1.19 bits per heavy atom. The van der Waals surface area contributed by atoms with E-state index in [1.807, 2.05) is 67.3 Å². The smallest absolute Gasteiger partial charge is 0.332 e. The van der Waals surface area contributed by atoms with Crippen LogP contribution in [0, 0.1) is 0 Å². The number of esters is 1. The maximum atomic E-state index is 12.3. The predicted molar refractivity (Wildman–Crippen MR) is 121 cm³/mol. The molecular formula is C24H26BrNO5. The van der Waals surface area contributed by atoms with E-state index in [1.54, 1.807) is 6.92 Å². The largest absolute Gasteiger partial charge is 0.487 e. The molecule has 31 heavy (non-hydrogen) atoms. The summed E-state index contributed by atoms with van der Waals surface area (Å²) in [4.78, 5) is 14.4. The van der Waals surface area contributed by atoms with E-state index in [2.05, 4.69) is 15.9 Å². The first-order chi connectivity index (χ1) is 14.9. The topological polar surface area (TPSA) is 57.2 Å². The molecule has 2 aromatic carbocycles. The highest BCUT2D eigenvalue weighted by Gasteiger charge is 2.51.